The highest BCUT2D eigenvalue weighted by molar-refractivity contribution is 5.43. The summed E-state index contributed by atoms with van der Waals surface area (Å²) in [5.41, 5.74) is 0. The first-order valence-electron chi connectivity index (χ1n) is 5.02. The van der Waals surface area contributed by atoms with Gasteiger partial charge < -0.3 is 9.80 Å². The molecular weight excluding hydrogens is 195 g/mol. The summed E-state index contributed by atoms with van der Waals surface area (Å²) in [7, 11) is 3.87. The molecule has 0 unspecified atom stereocenters. The molecule has 2 heterocycles. The van der Waals surface area contributed by atoms with Crippen LogP contribution >= 0.6 is 0 Å². The van der Waals surface area contributed by atoms with E-state index in [-0.39, 0.29) is 12.6 Å². The molecule has 0 aromatic carbocycles. The summed E-state index contributed by atoms with van der Waals surface area (Å²) in [5.74, 6) is 1.74. The quantitative estimate of drug-likeness (QED) is 0.743. The average Bonchev–Trinajstić information content (AvgIpc) is 2.16. The predicted molar refractivity (Wildman–Crippen MR) is 58.0 cm³/mol. The fourth-order valence-corrected chi connectivity index (χ4v) is 1.57. The van der Waals surface area contributed by atoms with Crippen LogP contribution in [0.1, 0.15) is 0 Å². The Morgan fingerprint density at radius 2 is 2.27 bits per heavy atom. The lowest BCUT2D eigenvalue weighted by Gasteiger charge is -2.37. The second-order valence-electron chi connectivity index (χ2n) is 4.03. The van der Waals surface area contributed by atoms with Crippen LogP contribution in [0.4, 0.5) is 16.2 Å². The topological polar surface area (TPSA) is 32.3 Å². The molecule has 2 rings (SSSR count). The first-order chi connectivity index (χ1) is 7.20. The maximum Gasteiger partial charge on any atom is 0.227 e. The Kier molecular flexibility index (Phi) is 2.70. The van der Waals surface area contributed by atoms with Gasteiger partial charge in [0, 0.05) is 39.3 Å². The number of anilines is 2. The van der Waals surface area contributed by atoms with Crippen molar-refractivity contribution in [3.05, 3.63) is 12.3 Å². The van der Waals surface area contributed by atoms with Gasteiger partial charge in [-0.25, -0.2) is 4.98 Å². The number of halogens is 1. The van der Waals surface area contributed by atoms with Gasteiger partial charge in [-0.05, 0) is 6.07 Å². The Morgan fingerprint density at radius 1 is 1.53 bits per heavy atom. The number of nitrogens with zero attached hydrogens (tertiary/aromatic N) is 4. The second kappa shape index (κ2) is 4.00. The number of aromatic nitrogens is 2. The first kappa shape index (κ1) is 10.1. The maximum absolute atomic E-state index is 12.3. The molecule has 4 nitrogen and oxygen atoms in total. The van der Waals surface area contributed by atoms with E-state index < -0.39 is 0 Å². The van der Waals surface area contributed by atoms with Gasteiger partial charge in [0.15, 0.2) is 0 Å². The van der Waals surface area contributed by atoms with E-state index in [2.05, 4.69) is 9.97 Å². The molecule has 0 radical (unpaired) electrons. The minimum Gasteiger partial charge on any atom is -0.363 e. The maximum atomic E-state index is 12.3. The highest BCUT2D eigenvalue weighted by atomic mass is 19.1. The number of alkyl halides is 1. The number of hydrogen-bond donors (Lipinski definition) is 0. The molecule has 0 bridgehead atoms. The fourth-order valence-electron chi connectivity index (χ4n) is 1.57. The third kappa shape index (κ3) is 2.00. The van der Waals surface area contributed by atoms with Gasteiger partial charge in [0.2, 0.25) is 5.95 Å². The van der Waals surface area contributed by atoms with E-state index in [1.54, 1.807) is 6.20 Å². The minimum atomic E-state index is -0.246. The molecule has 0 saturated carbocycles. The van der Waals surface area contributed by atoms with Crippen molar-refractivity contribution < 1.29 is 4.39 Å². The standard InChI is InChI=1S/C10H15FN4/c1-14(2)9-3-4-12-10(13-9)15-6-8(5-11)7-15/h3-4,8H,5-7H2,1-2H3. The Morgan fingerprint density at radius 3 is 2.87 bits per heavy atom. The number of hydrogen-bond acceptors (Lipinski definition) is 4. The van der Waals surface area contributed by atoms with Crippen molar-refractivity contribution in [1.82, 2.24) is 9.97 Å². The van der Waals surface area contributed by atoms with E-state index in [0.717, 1.165) is 18.9 Å². The van der Waals surface area contributed by atoms with Crippen molar-refractivity contribution in [3.8, 4) is 0 Å². The Bertz CT molecular complexity index is 336. The van der Waals surface area contributed by atoms with Gasteiger partial charge >= 0.3 is 0 Å². The summed E-state index contributed by atoms with van der Waals surface area (Å²) in [4.78, 5) is 12.5. The lowest BCUT2D eigenvalue weighted by molar-refractivity contribution is 0.303. The third-order valence-electron chi connectivity index (χ3n) is 2.54. The van der Waals surface area contributed by atoms with Crippen molar-refractivity contribution in [1.29, 1.82) is 0 Å². The van der Waals surface area contributed by atoms with Crippen LogP contribution in [0.15, 0.2) is 12.3 Å². The Balaban J connectivity index is 2.06. The molecule has 0 spiro atoms. The molecule has 1 aromatic rings. The van der Waals surface area contributed by atoms with Gasteiger partial charge in [-0.2, -0.15) is 4.98 Å². The normalized spacial score (nSPS) is 16.3. The lowest BCUT2D eigenvalue weighted by atomic mass is 10.0. The second-order valence-corrected chi connectivity index (χ2v) is 4.03. The van der Waals surface area contributed by atoms with E-state index >= 15 is 0 Å². The molecule has 0 N–H and O–H groups in total. The molecule has 0 amide bonds. The number of rotatable bonds is 3. The van der Waals surface area contributed by atoms with Crippen LogP contribution in [0.25, 0.3) is 0 Å². The van der Waals surface area contributed by atoms with Crippen LogP contribution in [-0.2, 0) is 0 Å². The van der Waals surface area contributed by atoms with Gasteiger partial charge in [0.05, 0.1) is 6.67 Å². The summed E-state index contributed by atoms with van der Waals surface area (Å²) in [6.07, 6.45) is 1.74. The van der Waals surface area contributed by atoms with Crippen LogP contribution < -0.4 is 9.80 Å². The first-order valence-corrected chi connectivity index (χ1v) is 5.02. The summed E-state index contributed by atoms with van der Waals surface area (Å²) < 4.78 is 12.3. The zero-order chi connectivity index (χ0) is 10.8. The molecule has 5 heteroatoms. The van der Waals surface area contributed by atoms with Crippen LogP contribution in [0, 0.1) is 5.92 Å². The predicted octanol–water partition coefficient (Wildman–Crippen LogP) is 0.948. The molecule has 15 heavy (non-hydrogen) atoms. The third-order valence-corrected chi connectivity index (χ3v) is 2.54. The van der Waals surface area contributed by atoms with E-state index in [4.69, 9.17) is 0 Å². The average molecular weight is 210 g/mol. The molecule has 1 aliphatic heterocycles. The van der Waals surface area contributed by atoms with Gasteiger partial charge in [0.25, 0.3) is 0 Å². The van der Waals surface area contributed by atoms with E-state index in [1.165, 1.54) is 0 Å². The van der Waals surface area contributed by atoms with Crippen molar-refractivity contribution in [3.63, 3.8) is 0 Å². The van der Waals surface area contributed by atoms with E-state index in [1.807, 2.05) is 30.0 Å². The Hall–Kier alpha value is -1.39. The minimum absolute atomic E-state index is 0.164. The van der Waals surface area contributed by atoms with Crippen LogP contribution in [-0.4, -0.2) is 43.8 Å². The largest absolute Gasteiger partial charge is 0.363 e. The van der Waals surface area contributed by atoms with Crippen LogP contribution in [0.5, 0.6) is 0 Å². The molecule has 1 aromatic heterocycles. The molecule has 1 saturated heterocycles. The summed E-state index contributed by atoms with van der Waals surface area (Å²) >= 11 is 0. The highest BCUT2D eigenvalue weighted by Gasteiger charge is 2.28. The highest BCUT2D eigenvalue weighted by Crippen LogP contribution is 2.22. The lowest BCUT2D eigenvalue weighted by Crippen LogP contribution is -2.48. The monoisotopic (exact) mass is 210 g/mol. The van der Waals surface area contributed by atoms with Gasteiger partial charge in [-0.15, -0.1) is 0 Å². The van der Waals surface area contributed by atoms with E-state index in [9.17, 15) is 4.39 Å². The van der Waals surface area contributed by atoms with Gasteiger partial charge in [-0.1, -0.05) is 0 Å². The molecule has 0 aliphatic carbocycles. The van der Waals surface area contributed by atoms with Crippen LogP contribution in [0.3, 0.4) is 0 Å². The summed E-state index contributed by atoms with van der Waals surface area (Å²) in [5, 5.41) is 0. The SMILES string of the molecule is CN(C)c1ccnc(N2CC(CF)C2)n1. The van der Waals surface area contributed by atoms with Gasteiger partial charge in [0.1, 0.15) is 5.82 Å². The zero-order valence-electron chi connectivity index (χ0n) is 9.02. The van der Waals surface area contributed by atoms with E-state index in [0.29, 0.717) is 5.95 Å². The molecule has 1 fully saturated rings. The van der Waals surface area contributed by atoms with Crippen LogP contribution in [0.2, 0.25) is 0 Å². The molecular formula is C10H15FN4. The Labute approximate surface area is 88.7 Å². The molecule has 0 atom stereocenters. The zero-order valence-corrected chi connectivity index (χ0v) is 9.02. The summed E-state index contributed by atoms with van der Waals surface area (Å²) in [6.45, 7) is 1.21. The smallest absolute Gasteiger partial charge is 0.227 e. The molecule has 1 aliphatic rings. The van der Waals surface area contributed by atoms with Crippen molar-refractivity contribution in [2.75, 3.05) is 43.7 Å². The summed E-state index contributed by atoms with van der Waals surface area (Å²) in [6, 6.07) is 1.86. The fraction of sp³-hybridized carbons (Fsp3) is 0.600. The van der Waals surface area contributed by atoms with Crippen molar-refractivity contribution in [2.45, 2.75) is 0 Å². The van der Waals surface area contributed by atoms with Crippen molar-refractivity contribution >= 4 is 11.8 Å². The van der Waals surface area contributed by atoms with Crippen molar-refractivity contribution in [2.24, 2.45) is 5.92 Å². The van der Waals surface area contributed by atoms with Gasteiger partial charge in [-0.3, -0.25) is 4.39 Å². The molecule has 82 valence electrons.